The number of rotatable bonds is 8. The molecule has 0 bridgehead atoms. The second-order valence-corrected chi connectivity index (χ2v) is 8.59. The van der Waals surface area contributed by atoms with E-state index in [9.17, 15) is 14.3 Å². The summed E-state index contributed by atoms with van der Waals surface area (Å²) in [5.41, 5.74) is 2.80. The van der Waals surface area contributed by atoms with Crippen molar-refractivity contribution in [1.82, 2.24) is 14.8 Å². The zero-order valence-corrected chi connectivity index (χ0v) is 18.0. The van der Waals surface area contributed by atoms with E-state index in [0.717, 1.165) is 11.1 Å². The Hall–Kier alpha value is -2.80. The Balaban J connectivity index is 2.07. The first-order valence-electron chi connectivity index (χ1n) is 10.0. The molecule has 0 aliphatic heterocycles. The number of ether oxygens (including phenoxy) is 1. The van der Waals surface area contributed by atoms with Crippen LogP contribution < -0.4 is 4.74 Å². The number of hydrogen-bond donors (Lipinski definition) is 1. The van der Waals surface area contributed by atoms with E-state index < -0.39 is 11.8 Å². The molecule has 1 aromatic carbocycles. The third-order valence-electron chi connectivity index (χ3n) is 4.83. The zero-order valence-electron chi connectivity index (χ0n) is 18.0. The Morgan fingerprint density at radius 1 is 1.27 bits per heavy atom. The number of alkyl halides is 1. The Kier molecular flexibility index (Phi) is 6.22. The molecule has 2 heterocycles. The van der Waals surface area contributed by atoms with Crippen LogP contribution in [-0.2, 0) is 0 Å². The minimum Gasteiger partial charge on any atom is -0.461 e. The van der Waals surface area contributed by atoms with Crippen LogP contribution in [0.5, 0.6) is 5.75 Å². The van der Waals surface area contributed by atoms with E-state index in [1.54, 1.807) is 30.5 Å². The van der Waals surface area contributed by atoms with Gasteiger partial charge in [0, 0.05) is 43.3 Å². The van der Waals surface area contributed by atoms with Gasteiger partial charge in [-0.1, -0.05) is 26.0 Å². The van der Waals surface area contributed by atoms with E-state index in [2.05, 4.69) is 4.98 Å². The van der Waals surface area contributed by atoms with E-state index in [4.69, 9.17) is 9.84 Å². The van der Waals surface area contributed by atoms with Crippen molar-refractivity contribution in [1.29, 1.82) is 0 Å². The lowest BCUT2D eigenvalue weighted by molar-refractivity contribution is 0.0853. The number of fused-ring (bicyclic) bond motifs is 1. The summed E-state index contributed by atoms with van der Waals surface area (Å²) in [5, 5.41) is 14.2. The molecule has 160 valence electrons. The number of nitrogens with zero attached hydrogens (tertiary/aromatic N) is 3. The van der Waals surface area contributed by atoms with Gasteiger partial charge in [0.25, 0.3) is 0 Å². The van der Waals surface area contributed by atoms with Crippen molar-refractivity contribution in [3.63, 3.8) is 0 Å². The first-order valence-corrected chi connectivity index (χ1v) is 10.0. The topological polar surface area (TPSA) is 77.2 Å². The SMILES string of the molecule is CC(F)Oc1cccc(-c2nn(C(C)C)c3cc(C(=O)CC(C)(C)CO)cnc23)c1. The molecule has 0 fully saturated rings. The van der Waals surface area contributed by atoms with Crippen LogP contribution in [0.1, 0.15) is 57.4 Å². The molecule has 0 spiro atoms. The van der Waals surface area contributed by atoms with E-state index in [1.807, 2.05) is 38.4 Å². The normalized spacial score (nSPS) is 13.1. The van der Waals surface area contributed by atoms with Gasteiger partial charge in [-0.3, -0.25) is 14.5 Å². The predicted octanol–water partition coefficient (Wildman–Crippen LogP) is 4.96. The second kappa shape index (κ2) is 8.52. The highest BCUT2D eigenvalue weighted by Crippen LogP contribution is 2.32. The first-order chi connectivity index (χ1) is 14.1. The molecule has 3 rings (SSSR count). The van der Waals surface area contributed by atoms with Gasteiger partial charge in [-0.05, 0) is 37.5 Å². The summed E-state index contributed by atoms with van der Waals surface area (Å²) >= 11 is 0. The molecular weight excluding hydrogens is 385 g/mol. The number of pyridine rings is 1. The van der Waals surface area contributed by atoms with Gasteiger partial charge in [0.1, 0.15) is 17.0 Å². The van der Waals surface area contributed by atoms with E-state index >= 15 is 0 Å². The monoisotopic (exact) mass is 413 g/mol. The van der Waals surface area contributed by atoms with Crippen LogP contribution >= 0.6 is 0 Å². The number of Topliss-reactive ketones (excluding diaryl/α,β-unsaturated/α-hetero) is 1. The highest BCUT2D eigenvalue weighted by atomic mass is 19.1. The van der Waals surface area contributed by atoms with Gasteiger partial charge < -0.3 is 9.84 Å². The molecule has 0 saturated heterocycles. The summed E-state index contributed by atoms with van der Waals surface area (Å²) in [6.07, 6.45) is 0.359. The standard InChI is InChI=1S/C23H28FN3O3/c1-14(2)27-19-10-17(20(29)11-23(4,5)13-28)12-25-22(19)21(26-27)16-7-6-8-18(9-16)30-15(3)24/h6-10,12,14-15,28H,11,13H2,1-5H3. The number of halogens is 1. The fourth-order valence-corrected chi connectivity index (χ4v) is 3.26. The molecule has 0 radical (unpaired) electrons. The molecule has 0 amide bonds. The Morgan fingerprint density at radius 2 is 2.00 bits per heavy atom. The molecule has 0 saturated carbocycles. The van der Waals surface area contributed by atoms with Crippen molar-refractivity contribution in [3.8, 4) is 17.0 Å². The number of carbonyl (C=O) groups excluding carboxylic acids is 1. The smallest absolute Gasteiger partial charge is 0.235 e. The Morgan fingerprint density at radius 3 is 2.63 bits per heavy atom. The van der Waals surface area contributed by atoms with Crippen LogP contribution in [0.2, 0.25) is 0 Å². The Bertz CT molecular complexity index is 1060. The minimum atomic E-state index is -1.42. The fourth-order valence-electron chi connectivity index (χ4n) is 3.26. The van der Waals surface area contributed by atoms with Crippen molar-refractivity contribution < 1.29 is 19.0 Å². The van der Waals surface area contributed by atoms with Gasteiger partial charge in [0.15, 0.2) is 5.78 Å². The summed E-state index contributed by atoms with van der Waals surface area (Å²) in [6.45, 7) is 8.96. The average Bonchev–Trinajstić information content (AvgIpc) is 3.06. The van der Waals surface area contributed by atoms with Crippen LogP contribution in [0, 0.1) is 5.41 Å². The van der Waals surface area contributed by atoms with Gasteiger partial charge in [-0.2, -0.15) is 5.10 Å². The summed E-state index contributed by atoms with van der Waals surface area (Å²) in [6, 6.07) is 8.92. The third-order valence-corrected chi connectivity index (χ3v) is 4.83. The molecular formula is C23H28FN3O3. The fraction of sp³-hybridized carbons (Fsp3) is 0.435. The maximum Gasteiger partial charge on any atom is 0.235 e. The number of aromatic nitrogens is 3. The lowest BCUT2D eigenvalue weighted by atomic mass is 9.87. The van der Waals surface area contributed by atoms with E-state index in [0.29, 0.717) is 22.5 Å². The predicted molar refractivity (Wildman–Crippen MR) is 114 cm³/mol. The third kappa shape index (κ3) is 4.67. The largest absolute Gasteiger partial charge is 0.461 e. The molecule has 3 aromatic rings. The lowest BCUT2D eigenvalue weighted by Gasteiger charge is -2.20. The lowest BCUT2D eigenvalue weighted by Crippen LogP contribution is -2.21. The van der Waals surface area contributed by atoms with Gasteiger partial charge >= 0.3 is 0 Å². The number of aliphatic hydroxyl groups is 1. The molecule has 0 aliphatic carbocycles. The molecule has 1 N–H and O–H groups in total. The minimum absolute atomic E-state index is 0.0487. The summed E-state index contributed by atoms with van der Waals surface area (Å²) in [4.78, 5) is 17.3. The van der Waals surface area contributed by atoms with Crippen LogP contribution in [0.4, 0.5) is 4.39 Å². The number of benzene rings is 1. The molecule has 1 atom stereocenters. The highest BCUT2D eigenvalue weighted by Gasteiger charge is 2.24. The van der Waals surface area contributed by atoms with Crippen LogP contribution in [0.15, 0.2) is 36.5 Å². The molecule has 7 heteroatoms. The average molecular weight is 413 g/mol. The molecule has 30 heavy (non-hydrogen) atoms. The molecule has 2 aromatic heterocycles. The maximum absolute atomic E-state index is 13.2. The van der Waals surface area contributed by atoms with E-state index in [1.165, 1.54) is 6.92 Å². The number of ketones is 1. The maximum atomic E-state index is 13.2. The van der Waals surface area contributed by atoms with Gasteiger partial charge in [0.05, 0.1) is 5.52 Å². The van der Waals surface area contributed by atoms with Gasteiger partial charge in [0.2, 0.25) is 6.36 Å². The van der Waals surface area contributed by atoms with Crippen molar-refractivity contribution in [2.75, 3.05) is 6.61 Å². The summed E-state index contributed by atoms with van der Waals surface area (Å²) in [5.74, 6) is 0.335. The van der Waals surface area contributed by atoms with Crippen molar-refractivity contribution in [2.45, 2.75) is 53.4 Å². The number of aliphatic hydroxyl groups excluding tert-OH is 1. The van der Waals surface area contributed by atoms with Crippen molar-refractivity contribution >= 4 is 16.8 Å². The molecule has 0 aliphatic rings. The van der Waals surface area contributed by atoms with Crippen LogP contribution in [-0.4, -0.2) is 38.6 Å². The number of hydrogen-bond acceptors (Lipinski definition) is 5. The van der Waals surface area contributed by atoms with Crippen LogP contribution in [0.25, 0.3) is 22.3 Å². The Labute approximate surface area is 175 Å². The van der Waals surface area contributed by atoms with E-state index in [-0.39, 0.29) is 24.9 Å². The van der Waals surface area contributed by atoms with Gasteiger partial charge in [-0.15, -0.1) is 0 Å². The number of carbonyl (C=O) groups is 1. The zero-order chi connectivity index (χ0) is 22.1. The highest BCUT2D eigenvalue weighted by molar-refractivity contribution is 6.00. The van der Waals surface area contributed by atoms with Crippen molar-refractivity contribution in [3.05, 3.63) is 42.1 Å². The van der Waals surface area contributed by atoms with Crippen LogP contribution in [0.3, 0.4) is 0 Å². The second-order valence-electron chi connectivity index (χ2n) is 8.59. The molecule has 1 unspecified atom stereocenters. The van der Waals surface area contributed by atoms with Gasteiger partial charge in [-0.25, -0.2) is 4.39 Å². The summed E-state index contributed by atoms with van der Waals surface area (Å²) < 4.78 is 20.2. The summed E-state index contributed by atoms with van der Waals surface area (Å²) in [7, 11) is 0. The first kappa shape index (κ1) is 21.9. The quantitative estimate of drug-likeness (QED) is 0.528. The molecule has 6 nitrogen and oxygen atoms in total. The van der Waals surface area contributed by atoms with Crippen molar-refractivity contribution in [2.24, 2.45) is 5.41 Å².